The lowest BCUT2D eigenvalue weighted by Gasteiger charge is -2.35. The van der Waals surface area contributed by atoms with Crippen LogP contribution in [0.5, 0.6) is 0 Å². The molecule has 4 fully saturated rings. The van der Waals surface area contributed by atoms with Crippen LogP contribution in [0.4, 0.5) is 0 Å². The first kappa shape index (κ1) is 17.3. The molecule has 0 spiro atoms. The fourth-order valence-electron chi connectivity index (χ4n) is 8.07. The van der Waals surface area contributed by atoms with Crippen molar-refractivity contribution < 1.29 is 9.53 Å². The highest BCUT2D eigenvalue weighted by atomic mass is 16.5. The van der Waals surface area contributed by atoms with E-state index in [1.807, 2.05) is 0 Å². The van der Waals surface area contributed by atoms with E-state index in [1.54, 1.807) is 0 Å². The van der Waals surface area contributed by atoms with Gasteiger partial charge in [0.15, 0.2) is 0 Å². The quantitative estimate of drug-likeness (QED) is 0.251. The average Bonchev–Trinajstić information content (AvgIpc) is 3.46. The first-order valence-corrected chi connectivity index (χ1v) is 11.6. The second kappa shape index (κ2) is 6.67. The summed E-state index contributed by atoms with van der Waals surface area (Å²) >= 11 is 0. The Bertz CT molecular complexity index is 573. The van der Waals surface area contributed by atoms with Crippen molar-refractivity contribution in [3.63, 3.8) is 0 Å². The van der Waals surface area contributed by atoms with E-state index in [9.17, 15) is 4.79 Å². The Morgan fingerprint density at radius 1 is 1.04 bits per heavy atom. The largest absolute Gasteiger partial charge is 0.465 e. The fourth-order valence-corrected chi connectivity index (χ4v) is 8.07. The molecule has 7 unspecified atom stereocenters. The number of hydrogen-bond donors (Lipinski definition) is 0. The lowest BCUT2D eigenvalue weighted by atomic mass is 9.69. The first-order valence-electron chi connectivity index (χ1n) is 11.6. The summed E-state index contributed by atoms with van der Waals surface area (Å²) in [6.45, 7) is 3.02. The number of ether oxygens (including phenoxy) is 1. The van der Waals surface area contributed by atoms with Crippen molar-refractivity contribution in [3.05, 3.63) is 12.2 Å². The van der Waals surface area contributed by atoms with Gasteiger partial charge in [-0.05, 0) is 92.3 Å². The summed E-state index contributed by atoms with van der Waals surface area (Å²) in [6.07, 6.45) is 19.4. The summed E-state index contributed by atoms with van der Waals surface area (Å²) in [7, 11) is 0. The molecule has 5 aliphatic carbocycles. The molecule has 26 heavy (non-hydrogen) atoms. The molecule has 0 amide bonds. The van der Waals surface area contributed by atoms with Gasteiger partial charge in [-0.25, -0.2) is 0 Å². The van der Waals surface area contributed by atoms with Gasteiger partial charge in [-0.3, -0.25) is 4.79 Å². The van der Waals surface area contributed by atoms with Crippen LogP contribution in [0, 0.1) is 46.8 Å². The minimum Gasteiger partial charge on any atom is -0.465 e. The second-order valence-corrected chi connectivity index (χ2v) is 10.3. The van der Waals surface area contributed by atoms with Crippen molar-refractivity contribution in [1.29, 1.82) is 0 Å². The molecule has 0 heterocycles. The molecule has 0 aromatic carbocycles. The molecule has 0 N–H and O–H groups in total. The number of hydrogen-bond acceptors (Lipinski definition) is 2. The Labute approximate surface area is 159 Å². The van der Waals surface area contributed by atoms with Crippen LogP contribution in [-0.4, -0.2) is 12.6 Å². The molecule has 4 bridgehead atoms. The zero-order chi connectivity index (χ0) is 17.7. The molecule has 0 aromatic heterocycles. The standard InChI is InChI=1S/C24H36O2/c1-2-24(9-3-4-10-24)11-5-6-12-26-23(25)20-15-18-14-19(20)22-17-8-7-16(13-17)21(18)22/h7-8,16-22H,2-6,9-15H2,1H3. The predicted octanol–water partition coefficient (Wildman–Crippen LogP) is 5.76. The molecule has 4 saturated carbocycles. The molecular formula is C24H36O2. The SMILES string of the molecule is CCC1(CCCCOC(=O)C2CC3CC2C2C4C=CC(C4)C32)CCCC1. The van der Waals surface area contributed by atoms with Gasteiger partial charge in [0.05, 0.1) is 12.5 Å². The van der Waals surface area contributed by atoms with Gasteiger partial charge in [0, 0.05) is 0 Å². The maximum atomic E-state index is 12.7. The van der Waals surface area contributed by atoms with Crippen molar-refractivity contribution in [2.45, 2.75) is 77.6 Å². The highest BCUT2D eigenvalue weighted by molar-refractivity contribution is 5.73. The summed E-state index contributed by atoms with van der Waals surface area (Å²) in [5.41, 5.74) is 0.624. The minimum absolute atomic E-state index is 0.147. The fraction of sp³-hybridized carbons (Fsp3) is 0.875. The third-order valence-corrected chi connectivity index (χ3v) is 9.33. The predicted molar refractivity (Wildman–Crippen MR) is 103 cm³/mol. The normalized spacial score (nSPS) is 44.0. The van der Waals surface area contributed by atoms with E-state index >= 15 is 0 Å². The monoisotopic (exact) mass is 356 g/mol. The van der Waals surface area contributed by atoms with Crippen LogP contribution in [0.1, 0.15) is 77.6 Å². The molecule has 144 valence electrons. The van der Waals surface area contributed by atoms with Gasteiger partial charge in [0.2, 0.25) is 0 Å². The molecule has 7 atom stereocenters. The van der Waals surface area contributed by atoms with Gasteiger partial charge in [-0.1, -0.05) is 38.3 Å². The Balaban J connectivity index is 1.07. The number of carbonyl (C=O) groups excluding carboxylic acids is 1. The molecule has 5 aliphatic rings. The van der Waals surface area contributed by atoms with Crippen molar-refractivity contribution in [1.82, 2.24) is 0 Å². The van der Waals surface area contributed by atoms with E-state index in [0.717, 1.165) is 42.4 Å². The molecule has 2 heteroatoms. The number of fused-ring (bicyclic) bond motifs is 9. The van der Waals surface area contributed by atoms with Gasteiger partial charge >= 0.3 is 5.97 Å². The molecular weight excluding hydrogens is 320 g/mol. The van der Waals surface area contributed by atoms with Crippen LogP contribution in [0.3, 0.4) is 0 Å². The van der Waals surface area contributed by atoms with Gasteiger partial charge in [0.1, 0.15) is 0 Å². The average molecular weight is 357 g/mol. The van der Waals surface area contributed by atoms with E-state index in [-0.39, 0.29) is 11.9 Å². The lowest BCUT2D eigenvalue weighted by Crippen LogP contribution is -2.35. The summed E-state index contributed by atoms with van der Waals surface area (Å²) in [6, 6.07) is 0. The second-order valence-electron chi connectivity index (χ2n) is 10.3. The summed E-state index contributed by atoms with van der Waals surface area (Å²) < 4.78 is 5.78. The van der Waals surface area contributed by atoms with Gasteiger partial charge in [-0.15, -0.1) is 0 Å². The highest BCUT2D eigenvalue weighted by Crippen LogP contribution is 2.67. The maximum Gasteiger partial charge on any atom is 0.309 e. The number of rotatable bonds is 7. The van der Waals surface area contributed by atoms with E-state index in [2.05, 4.69) is 19.1 Å². The van der Waals surface area contributed by atoms with Gasteiger partial charge < -0.3 is 4.74 Å². The maximum absolute atomic E-state index is 12.7. The molecule has 0 aromatic rings. The summed E-state index contributed by atoms with van der Waals surface area (Å²) in [4.78, 5) is 12.7. The van der Waals surface area contributed by atoms with Crippen LogP contribution in [0.2, 0.25) is 0 Å². The topological polar surface area (TPSA) is 26.3 Å². The Kier molecular flexibility index (Phi) is 4.44. The van der Waals surface area contributed by atoms with E-state index in [0.29, 0.717) is 17.9 Å². The minimum atomic E-state index is 0.147. The highest BCUT2D eigenvalue weighted by Gasteiger charge is 2.62. The Morgan fingerprint density at radius 3 is 2.58 bits per heavy atom. The van der Waals surface area contributed by atoms with Gasteiger partial charge in [0.25, 0.3) is 0 Å². The van der Waals surface area contributed by atoms with Crippen molar-refractivity contribution >= 4 is 5.97 Å². The van der Waals surface area contributed by atoms with Crippen LogP contribution in [0.15, 0.2) is 12.2 Å². The molecule has 5 rings (SSSR count). The van der Waals surface area contributed by atoms with Crippen LogP contribution in [0.25, 0.3) is 0 Å². The smallest absolute Gasteiger partial charge is 0.309 e. The van der Waals surface area contributed by atoms with Crippen molar-refractivity contribution in [3.8, 4) is 0 Å². The zero-order valence-electron chi connectivity index (χ0n) is 16.5. The van der Waals surface area contributed by atoms with E-state index < -0.39 is 0 Å². The zero-order valence-corrected chi connectivity index (χ0v) is 16.5. The number of allylic oxidation sites excluding steroid dienone is 2. The van der Waals surface area contributed by atoms with Crippen LogP contribution in [-0.2, 0) is 9.53 Å². The van der Waals surface area contributed by atoms with E-state index in [1.165, 1.54) is 57.8 Å². The summed E-state index contributed by atoms with van der Waals surface area (Å²) in [5.74, 6) is 5.18. The molecule has 2 nitrogen and oxygen atoms in total. The van der Waals surface area contributed by atoms with Crippen LogP contribution < -0.4 is 0 Å². The van der Waals surface area contributed by atoms with Crippen LogP contribution >= 0.6 is 0 Å². The third-order valence-electron chi connectivity index (χ3n) is 9.33. The molecule has 0 saturated heterocycles. The molecule has 0 aliphatic heterocycles. The van der Waals surface area contributed by atoms with E-state index in [4.69, 9.17) is 4.74 Å². The van der Waals surface area contributed by atoms with Crippen molar-refractivity contribution in [2.24, 2.45) is 46.8 Å². The first-order chi connectivity index (χ1) is 12.7. The Hall–Kier alpha value is -0.790. The van der Waals surface area contributed by atoms with Crippen molar-refractivity contribution in [2.75, 3.05) is 6.61 Å². The summed E-state index contributed by atoms with van der Waals surface area (Å²) in [5, 5.41) is 0. The number of esters is 1. The third kappa shape index (κ3) is 2.69. The number of carbonyl (C=O) groups is 1. The molecule has 0 radical (unpaired) electrons. The Morgan fingerprint density at radius 2 is 1.81 bits per heavy atom. The van der Waals surface area contributed by atoms with Gasteiger partial charge in [-0.2, -0.15) is 0 Å². The lowest BCUT2D eigenvalue weighted by molar-refractivity contribution is -0.152. The number of unbranched alkanes of at least 4 members (excludes halogenated alkanes) is 1.